The highest BCUT2D eigenvalue weighted by molar-refractivity contribution is 7.71. The van der Waals surface area contributed by atoms with Gasteiger partial charge in [-0.25, -0.2) is 0 Å². The van der Waals surface area contributed by atoms with Crippen LogP contribution in [0.3, 0.4) is 0 Å². The van der Waals surface area contributed by atoms with E-state index in [0.29, 0.717) is 10.6 Å². The molecule has 54 valence electrons. The molecule has 0 aliphatic carbocycles. The number of hydrogen-bond donors (Lipinski definition) is 3. The van der Waals surface area contributed by atoms with Crippen molar-refractivity contribution in [2.24, 2.45) is 0 Å². The van der Waals surface area contributed by atoms with Crippen molar-refractivity contribution in [3.05, 3.63) is 11.0 Å². The lowest BCUT2D eigenvalue weighted by molar-refractivity contribution is -0.114. The van der Waals surface area contributed by atoms with E-state index in [-0.39, 0.29) is 5.91 Å². The molecule has 10 heavy (non-hydrogen) atoms. The zero-order valence-electron chi connectivity index (χ0n) is 5.39. The smallest absolute Gasteiger partial charge is 0.222 e. The van der Waals surface area contributed by atoms with Gasteiger partial charge in [0, 0.05) is 13.1 Å². The molecular formula is C5H7N3OS. The Morgan fingerprint density at radius 3 is 2.90 bits per heavy atom. The quantitative estimate of drug-likeness (QED) is 0.533. The summed E-state index contributed by atoms with van der Waals surface area (Å²) in [5.74, 6) is 0.475. The van der Waals surface area contributed by atoms with Gasteiger partial charge in [0.15, 0.2) is 4.77 Å². The predicted octanol–water partition coefficient (Wildman–Crippen LogP) is 1.03. The molecule has 1 aromatic heterocycles. The van der Waals surface area contributed by atoms with Gasteiger partial charge in [0.2, 0.25) is 5.91 Å². The number of anilines is 1. The molecule has 0 saturated heterocycles. The van der Waals surface area contributed by atoms with Crippen LogP contribution in [0, 0.1) is 4.77 Å². The number of amides is 1. The largest absolute Gasteiger partial charge is 0.335 e. The first-order chi connectivity index (χ1) is 4.68. The number of carbonyl (C=O) groups excluding carboxylic acids is 1. The summed E-state index contributed by atoms with van der Waals surface area (Å²) < 4.78 is 0.503. The van der Waals surface area contributed by atoms with E-state index in [2.05, 4.69) is 15.3 Å². The van der Waals surface area contributed by atoms with Gasteiger partial charge < -0.3 is 15.3 Å². The van der Waals surface area contributed by atoms with Crippen LogP contribution < -0.4 is 5.32 Å². The maximum atomic E-state index is 10.4. The van der Waals surface area contributed by atoms with Gasteiger partial charge in [0.1, 0.15) is 5.82 Å². The molecule has 0 atom stereocenters. The molecule has 0 fully saturated rings. The maximum absolute atomic E-state index is 10.4. The second-order valence-electron chi connectivity index (χ2n) is 1.84. The normalized spacial score (nSPS) is 9.30. The molecule has 0 aromatic carbocycles. The van der Waals surface area contributed by atoms with E-state index >= 15 is 0 Å². The van der Waals surface area contributed by atoms with Crippen LogP contribution in [0.5, 0.6) is 0 Å². The minimum Gasteiger partial charge on any atom is -0.335 e. The van der Waals surface area contributed by atoms with Gasteiger partial charge in [0.05, 0.1) is 0 Å². The first-order valence-corrected chi connectivity index (χ1v) is 3.14. The zero-order valence-corrected chi connectivity index (χ0v) is 6.21. The molecule has 0 bridgehead atoms. The van der Waals surface area contributed by atoms with Crippen molar-refractivity contribution in [3.63, 3.8) is 0 Å². The Bertz CT molecular complexity index is 287. The predicted molar refractivity (Wildman–Crippen MR) is 40.3 cm³/mol. The van der Waals surface area contributed by atoms with E-state index in [4.69, 9.17) is 12.2 Å². The van der Waals surface area contributed by atoms with Crippen LogP contribution in [0.2, 0.25) is 0 Å². The Morgan fingerprint density at radius 1 is 1.80 bits per heavy atom. The van der Waals surface area contributed by atoms with Crippen molar-refractivity contribution in [1.29, 1.82) is 0 Å². The van der Waals surface area contributed by atoms with Crippen LogP contribution in [0.4, 0.5) is 5.82 Å². The molecule has 3 N–H and O–H groups in total. The molecule has 1 heterocycles. The standard InChI is InChI=1S/C5H7N3OS/c1-3(9)7-4-2-6-5(10)8-4/h2H,1H3,(H,7,9)(H2,6,8,10). The minimum atomic E-state index is -0.120. The van der Waals surface area contributed by atoms with Crippen LogP contribution in [0.25, 0.3) is 0 Å². The van der Waals surface area contributed by atoms with Crippen LogP contribution in [0.15, 0.2) is 6.20 Å². The lowest BCUT2D eigenvalue weighted by Gasteiger charge is -1.92. The highest BCUT2D eigenvalue weighted by atomic mass is 32.1. The van der Waals surface area contributed by atoms with Crippen molar-refractivity contribution in [3.8, 4) is 0 Å². The molecule has 1 aromatic rings. The third kappa shape index (κ3) is 1.70. The highest BCUT2D eigenvalue weighted by Crippen LogP contribution is 1.98. The fraction of sp³-hybridized carbons (Fsp3) is 0.200. The Hall–Kier alpha value is -1.10. The summed E-state index contributed by atoms with van der Waals surface area (Å²) >= 11 is 4.72. The van der Waals surface area contributed by atoms with Crippen molar-refractivity contribution >= 4 is 23.9 Å². The third-order valence-corrected chi connectivity index (χ3v) is 1.13. The first kappa shape index (κ1) is 7.01. The maximum Gasteiger partial charge on any atom is 0.222 e. The summed E-state index contributed by atoms with van der Waals surface area (Å²) in [5.41, 5.74) is 0. The molecule has 0 aliphatic rings. The van der Waals surface area contributed by atoms with Crippen LogP contribution in [-0.2, 0) is 4.79 Å². The first-order valence-electron chi connectivity index (χ1n) is 2.74. The monoisotopic (exact) mass is 157 g/mol. The SMILES string of the molecule is CC(=O)Nc1c[nH]c(=S)[nH]1. The Balaban J connectivity index is 2.76. The average Bonchev–Trinajstić information content (AvgIpc) is 2.13. The summed E-state index contributed by atoms with van der Waals surface area (Å²) in [6, 6.07) is 0. The summed E-state index contributed by atoms with van der Waals surface area (Å²) in [7, 11) is 0. The fourth-order valence-electron chi connectivity index (χ4n) is 0.589. The van der Waals surface area contributed by atoms with Crippen LogP contribution in [0.1, 0.15) is 6.92 Å². The van der Waals surface area contributed by atoms with Crippen molar-refractivity contribution < 1.29 is 4.79 Å². The number of aromatic nitrogens is 2. The number of carbonyl (C=O) groups is 1. The van der Waals surface area contributed by atoms with Gasteiger partial charge in [-0.3, -0.25) is 4.79 Å². The van der Waals surface area contributed by atoms with Crippen molar-refractivity contribution in [2.45, 2.75) is 6.92 Å². The van der Waals surface area contributed by atoms with E-state index in [1.807, 2.05) is 0 Å². The van der Waals surface area contributed by atoms with Gasteiger partial charge >= 0.3 is 0 Å². The Morgan fingerprint density at radius 2 is 2.50 bits per heavy atom. The molecule has 5 heteroatoms. The van der Waals surface area contributed by atoms with Crippen LogP contribution >= 0.6 is 12.2 Å². The second-order valence-corrected chi connectivity index (χ2v) is 2.25. The molecule has 1 rings (SSSR count). The average molecular weight is 157 g/mol. The van der Waals surface area contributed by atoms with E-state index in [0.717, 1.165) is 0 Å². The van der Waals surface area contributed by atoms with E-state index in [9.17, 15) is 4.79 Å². The Kier molecular flexibility index (Phi) is 1.86. The van der Waals surface area contributed by atoms with Crippen molar-refractivity contribution in [1.82, 2.24) is 9.97 Å². The van der Waals surface area contributed by atoms with Gasteiger partial charge in [-0.2, -0.15) is 0 Å². The third-order valence-electron chi connectivity index (χ3n) is 0.907. The number of hydrogen-bond acceptors (Lipinski definition) is 2. The lowest BCUT2D eigenvalue weighted by atomic mass is 10.6. The van der Waals surface area contributed by atoms with E-state index in [1.54, 1.807) is 6.20 Å². The molecule has 4 nitrogen and oxygen atoms in total. The topological polar surface area (TPSA) is 60.7 Å². The number of nitrogens with one attached hydrogen (secondary N) is 3. The minimum absolute atomic E-state index is 0.120. The van der Waals surface area contributed by atoms with Gasteiger partial charge in [0.25, 0.3) is 0 Å². The molecule has 1 amide bonds. The van der Waals surface area contributed by atoms with Crippen molar-refractivity contribution in [2.75, 3.05) is 5.32 Å². The van der Waals surface area contributed by atoms with E-state index < -0.39 is 0 Å². The molecule has 0 aliphatic heterocycles. The summed E-state index contributed by atoms with van der Waals surface area (Å²) in [4.78, 5) is 15.9. The molecule has 0 radical (unpaired) electrons. The fourth-order valence-corrected chi connectivity index (χ4v) is 0.758. The number of imidazole rings is 1. The van der Waals surface area contributed by atoms with Gasteiger partial charge in [-0.05, 0) is 12.2 Å². The second kappa shape index (κ2) is 2.66. The number of aromatic amines is 2. The summed E-state index contributed by atoms with van der Waals surface area (Å²) in [5, 5.41) is 2.53. The Labute approximate surface area is 62.7 Å². The molecule has 0 saturated carbocycles. The summed E-state index contributed by atoms with van der Waals surface area (Å²) in [6.07, 6.45) is 1.60. The molecule has 0 unspecified atom stereocenters. The number of H-pyrrole nitrogens is 2. The van der Waals surface area contributed by atoms with Crippen LogP contribution in [-0.4, -0.2) is 15.9 Å². The number of rotatable bonds is 1. The van der Waals surface area contributed by atoms with Gasteiger partial charge in [-0.15, -0.1) is 0 Å². The van der Waals surface area contributed by atoms with Gasteiger partial charge in [-0.1, -0.05) is 0 Å². The highest BCUT2D eigenvalue weighted by Gasteiger charge is 1.93. The molecular weight excluding hydrogens is 150 g/mol. The molecule has 0 spiro atoms. The van der Waals surface area contributed by atoms with E-state index in [1.165, 1.54) is 6.92 Å². The lowest BCUT2D eigenvalue weighted by Crippen LogP contribution is -2.05. The zero-order chi connectivity index (χ0) is 7.56. The summed E-state index contributed by atoms with van der Waals surface area (Å²) in [6.45, 7) is 1.43.